The molecule has 0 saturated carbocycles. The van der Waals surface area contributed by atoms with E-state index >= 15 is 0 Å². The minimum Gasteiger partial charge on any atom is -0.393 e. The molecule has 1 saturated heterocycles. The van der Waals surface area contributed by atoms with Crippen LogP contribution in [0, 0.1) is 0 Å². The Balaban J connectivity index is 2.27. The molecule has 3 rings (SSSR count). The van der Waals surface area contributed by atoms with Gasteiger partial charge in [-0.1, -0.05) is 91.8 Å². The summed E-state index contributed by atoms with van der Waals surface area (Å²) in [6, 6.07) is 21.1. The van der Waals surface area contributed by atoms with E-state index in [2.05, 4.69) is 69.3 Å². The second-order valence-electron chi connectivity index (χ2n) is 7.11. The van der Waals surface area contributed by atoms with E-state index in [1.807, 2.05) is 12.1 Å². The van der Waals surface area contributed by atoms with Crippen LogP contribution in [0.5, 0.6) is 0 Å². The van der Waals surface area contributed by atoms with E-state index in [1.54, 1.807) is 0 Å². The van der Waals surface area contributed by atoms with Crippen molar-refractivity contribution in [1.82, 2.24) is 0 Å². The second kappa shape index (κ2) is 5.65. The minimum absolute atomic E-state index is 0.0219. The first-order chi connectivity index (χ1) is 10.5. The van der Waals surface area contributed by atoms with Crippen molar-refractivity contribution in [2.75, 3.05) is 6.61 Å². The van der Waals surface area contributed by atoms with Crippen LogP contribution in [0.4, 0.5) is 0 Å². The highest BCUT2D eigenvalue weighted by Crippen LogP contribution is 2.40. The fraction of sp³-hybridized carbons (Fsp3) is 0.368. The average Bonchev–Trinajstić information content (AvgIpc) is 3.33. The summed E-state index contributed by atoms with van der Waals surface area (Å²) in [6.07, 6.45) is -0.0219. The smallest absolute Gasteiger partial charge is 0.157 e. The van der Waals surface area contributed by atoms with Crippen LogP contribution in [0.15, 0.2) is 60.7 Å². The number of aliphatic hydroxyl groups excluding tert-OH is 1. The van der Waals surface area contributed by atoms with Crippen LogP contribution in [0.1, 0.15) is 20.8 Å². The first-order valence-corrected chi connectivity index (χ1v) is 9.96. The zero-order valence-electron chi connectivity index (χ0n) is 13.5. The molecule has 116 valence electrons. The SMILES string of the molecule is CC(C)(C)[Si](c1ccccc1)(c1ccccc1)C(O)[C@H]1CO1. The summed E-state index contributed by atoms with van der Waals surface area (Å²) in [6.45, 7) is 7.44. The van der Waals surface area contributed by atoms with Crippen LogP contribution in [0.3, 0.4) is 0 Å². The number of rotatable bonds is 4. The molecule has 2 aromatic rings. The number of hydrogen-bond acceptors (Lipinski definition) is 2. The normalized spacial score (nSPS) is 19.7. The minimum atomic E-state index is -2.42. The van der Waals surface area contributed by atoms with Gasteiger partial charge in [0.25, 0.3) is 0 Å². The van der Waals surface area contributed by atoms with Crippen molar-refractivity contribution in [3.63, 3.8) is 0 Å². The van der Waals surface area contributed by atoms with Gasteiger partial charge in [0.2, 0.25) is 0 Å². The van der Waals surface area contributed by atoms with Crippen LogP contribution < -0.4 is 10.4 Å². The summed E-state index contributed by atoms with van der Waals surface area (Å²) in [5, 5.41) is 13.8. The van der Waals surface area contributed by atoms with Gasteiger partial charge in [-0.25, -0.2) is 0 Å². The molecule has 1 unspecified atom stereocenters. The monoisotopic (exact) mass is 312 g/mol. The molecule has 0 amide bonds. The van der Waals surface area contributed by atoms with Crippen molar-refractivity contribution in [3.8, 4) is 0 Å². The maximum absolute atomic E-state index is 11.3. The van der Waals surface area contributed by atoms with E-state index < -0.39 is 13.8 Å². The van der Waals surface area contributed by atoms with Gasteiger partial charge in [-0.05, 0) is 5.04 Å². The molecule has 0 aromatic heterocycles. The van der Waals surface area contributed by atoms with Gasteiger partial charge in [0.15, 0.2) is 8.07 Å². The predicted octanol–water partition coefficient (Wildman–Crippen LogP) is 2.35. The van der Waals surface area contributed by atoms with Crippen molar-refractivity contribution < 1.29 is 9.84 Å². The molecule has 0 spiro atoms. The molecule has 0 radical (unpaired) electrons. The Hall–Kier alpha value is -1.42. The Kier molecular flexibility index (Phi) is 3.97. The van der Waals surface area contributed by atoms with Crippen molar-refractivity contribution in [1.29, 1.82) is 0 Å². The first-order valence-electron chi connectivity index (χ1n) is 7.88. The summed E-state index contributed by atoms with van der Waals surface area (Å²) >= 11 is 0. The third kappa shape index (κ3) is 2.43. The zero-order chi connectivity index (χ0) is 15.8. The van der Waals surface area contributed by atoms with Gasteiger partial charge in [0.1, 0.15) is 6.10 Å². The first kappa shape index (κ1) is 15.5. The standard InChI is InChI=1S/C19H24O2Si/c1-19(2,3)22(18(20)17-14-21-17,15-10-6-4-7-11-15)16-12-8-5-9-13-16/h4-13,17-18,20H,14H2,1-3H3/t17-,18?/m1/s1. The Bertz CT molecular complexity index is 575. The van der Waals surface area contributed by atoms with Crippen molar-refractivity contribution in [3.05, 3.63) is 60.7 Å². The Morgan fingerprint density at radius 2 is 1.36 bits per heavy atom. The molecule has 2 atom stereocenters. The predicted molar refractivity (Wildman–Crippen MR) is 93.4 cm³/mol. The summed E-state index contributed by atoms with van der Waals surface area (Å²) < 4.78 is 5.50. The van der Waals surface area contributed by atoms with Gasteiger partial charge < -0.3 is 9.84 Å². The molecule has 1 fully saturated rings. The second-order valence-corrected chi connectivity index (χ2v) is 12.0. The van der Waals surface area contributed by atoms with Crippen molar-refractivity contribution in [2.24, 2.45) is 0 Å². The topological polar surface area (TPSA) is 32.8 Å². The maximum atomic E-state index is 11.3. The van der Waals surface area contributed by atoms with Crippen LogP contribution in [0.25, 0.3) is 0 Å². The number of hydrogen-bond donors (Lipinski definition) is 1. The molecule has 2 aromatic carbocycles. The summed E-state index contributed by atoms with van der Waals surface area (Å²) in [5.74, 6) is 0. The highest BCUT2D eigenvalue weighted by Gasteiger charge is 2.57. The lowest BCUT2D eigenvalue weighted by Gasteiger charge is -2.46. The lowest BCUT2D eigenvalue weighted by molar-refractivity contribution is 0.193. The molecule has 1 N–H and O–H groups in total. The molecule has 22 heavy (non-hydrogen) atoms. The van der Waals surface area contributed by atoms with Gasteiger partial charge >= 0.3 is 0 Å². The Labute approximate surface area is 133 Å². The summed E-state index contributed by atoms with van der Waals surface area (Å²) in [5.41, 5.74) is -0.433. The Morgan fingerprint density at radius 3 is 1.68 bits per heavy atom. The van der Waals surface area contributed by atoms with Gasteiger partial charge in [0, 0.05) is 0 Å². The van der Waals surface area contributed by atoms with Crippen molar-refractivity contribution in [2.45, 2.75) is 37.6 Å². The largest absolute Gasteiger partial charge is 0.393 e. The van der Waals surface area contributed by atoms with Crippen LogP contribution in [0.2, 0.25) is 5.04 Å². The zero-order valence-corrected chi connectivity index (χ0v) is 14.5. The highest BCUT2D eigenvalue weighted by atomic mass is 28.3. The molecule has 1 aliphatic rings. The molecule has 2 nitrogen and oxygen atoms in total. The molecule has 0 aliphatic carbocycles. The van der Waals surface area contributed by atoms with Gasteiger partial charge in [-0.2, -0.15) is 0 Å². The lowest BCUT2D eigenvalue weighted by atomic mass is 10.2. The summed E-state index contributed by atoms with van der Waals surface area (Å²) in [4.78, 5) is 0. The van der Waals surface area contributed by atoms with E-state index in [-0.39, 0.29) is 11.1 Å². The molecular weight excluding hydrogens is 288 g/mol. The van der Waals surface area contributed by atoms with Gasteiger partial charge in [0.05, 0.1) is 12.3 Å². The summed E-state index contributed by atoms with van der Waals surface area (Å²) in [7, 11) is -2.42. The maximum Gasteiger partial charge on any atom is 0.157 e. The number of epoxide rings is 1. The number of ether oxygens (including phenoxy) is 1. The lowest BCUT2D eigenvalue weighted by Crippen LogP contribution is -2.73. The fourth-order valence-electron chi connectivity index (χ4n) is 3.74. The van der Waals surface area contributed by atoms with Gasteiger partial charge in [-0.15, -0.1) is 0 Å². The highest BCUT2D eigenvalue weighted by molar-refractivity contribution is 7.05. The third-order valence-electron chi connectivity index (χ3n) is 4.80. The van der Waals surface area contributed by atoms with E-state index in [4.69, 9.17) is 4.74 Å². The van der Waals surface area contributed by atoms with Gasteiger partial charge in [-0.3, -0.25) is 0 Å². The third-order valence-corrected chi connectivity index (χ3v) is 10.9. The fourth-order valence-corrected chi connectivity index (χ4v) is 9.56. The van der Waals surface area contributed by atoms with Crippen LogP contribution >= 0.6 is 0 Å². The molecule has 3 heteroatoms. The van der Waals surface area contributed by atoms with E-state index in [1.165, 1.54) is 10.4 Å². The number of aliphatic hydroxyl groups is 1. The van der Waals surface area contributed by atoms with Crippen molar-refractivity contribution >= 4 is 18.4 Å². The molecular formula is C19H24O2Si. The van der Waals surface area contributed by atoms with Crippen LogP contribution in [-0.4, -0.2) is 31.6 Å². The van der Waals surface area contributed by atoms with E-state index in [0.717, 1.165) is 0 Å². The Morgan fingerprint density at radius 1 is 0.955 bits per heavy atom. The molecule has 1 aliphatic heterocycles. The van der Waals surface area contributed by atoms with E-state index in [9.17, 15) is 5.11 Å². The molecule has 0 bridgehead atoms. The molecule has 1 heterocycles. The van der Waals surface area contributed by atoms with Crippen LogP contribution in [-0.2, 0) is 4.74 Å². The number of benzene rings is 2. The quantitative estimate of drug-likeness (QED) is 0.694. The average molecular weight is 312 g/mol. The van der Waals surface area contributed by atoms with E-state index in [0.29, 0.717) is 6.61 Å².